The van der Waals surface area contributed by atoms with Crippen LogP contribution >= 0.6 is 11.8 Å². The highest BCUT2D eigenvalue weighted by Gasteiger charge is 2.22. The van der Waals surface area contributed by atoms with Gasteiger partial charge in [0.05, 0.1) is 12.1 Å². The summed E-state index contributed by atoms with van der Waals surface area (Å²) in [7, 11) is 0. The molecule has 0 spiro atoms. The van der Waals surface area contributed by atoms with Gasteiger partial charge in [-0.1, -0.05) is 36.9 Å². The van der Waals surface area contributed by atoms with Crippen LogP contribution in [0.3, 0.4) is 0 Å². The van der Waals surface area contributed by atoms with E-state index in [2.05, 4.69) is 23.2 Å². The summed E-state index contributed by atoms with van der Waals surface area (Å²) in [5.74, 6) is -0.201. The molecule has 0 aliphatic rings. The summed E-state index contributed by atoms with van der Waals surface area (Å²) in [5.41, 5.74) is 3.01. The first-order valence-corrected chi connectivity index (χ1v) is 8.60. The molecule has 0 amide bonds. The fourth-order valence-corrected chi connectivity index (χ4v) is 3.58. The third kappa shape index (κ3) is 2.91. The molecule has 5 nitrogen and oxygen atoms in total. The molecule has 3 rings (SSSR count). The molecule has 0 saturated heterocycles. The van der Waals surface area contributed by atoms with Crippen molar-refractivity contribution in [1.82, 2.24) is 14.6 Å². The van der Waals surface area contributed by atoms with Gasteiger partial charge in [0.15, 0.2) is 10.8 Å². The van der Waals surface area contributed by atoms with Crippen molar-refractivity contribution in [3.63, 3.8) is 0 Å². The van der Waals surface area contributed by atoms with Gasteiger partial charge >= 0.3 is 5.97 Å². The zero-order valence-electron chi connectivity index (χ0n) is 13.4. The van der Waals surface area contributed by atoms with E-state index < -0.39 is 0 Å². The number of nitrogens with zero attached hydrogens (tertiary/aromatic N) is 3. The molecule has 0 fully saturated rings. The Balaban J connectivity index is 2.08. The van der Waals surface area contributed by atoms with Crippen molar-refractivity contribution in [3.8, 4) is 0 Å². The number of rotatable bonds is 5. The van der Waals surface area contributed by atoms with Crippen molar-refractivity contribution in [2.45, 2.75) is 37.6 Å². The molecule has 0 bridgehead atoms. The first-order valence-electron chi connectivity index (χ1n) is 7.72. The topological polar surface area (TPSA) is 56.5 Å². The summed E-state index contributed by atoms with van der Waals surface area (Å²) in [5, 5.41) is 10.1. The molecule has 0 aliphatic carbocycles. The fraction of sp³-hybridized carbons (Fsp3) is 0.353. The smallest absolute Gasteiger partial charge is 0.319 e. The van der Waals surface area contributed by atoms with Gasteiger partial charge in [0.2, 0.25) is 0 Å². The number of thioether (sulfide) groups is 1. The zero-order valence-corrected chi connectivity index (χ0v) is 14.3. The third-order valence-electron chi connectivity index (χ3n) is 3.74. The second-order valence-corrected chi connectivity index (χ2v) is 6.46. The number of carbonyl (C=O) groups is 1. The van der Waals surface area contributed by atoms with E-state index in [9.17, 15) is 4.79 Å². The fourth-order valence-electron chi connectivity index (χ4n) is 2.61. The number of aryl methyl sites for hydroxylation is 1. The van der Waals surface area contributed by atoms with Crippen molar-refractivity contribution in [3.05, 3.63) is 35.9 Å². The SMILES string of the molecule is CCOC(=O)[C@@H](CC)Sc1nnc2cc(C)c3ccccc3n12. The average molecular weight is 329 g/mol. The molecule has 120 valence electrons. The predicted molar refractivity (Wildman–Crippen MR) is 91.8 cm³/mol. The summed E-state index contributed by atoms with van der Waals surface area (Å²) >= 11 is 1.41. The molecule has 1 atom stereocenters. The van der Waals surface area contributed by atoms with Gasteiger partial charge in [-0.25, -0.2) is 0 Å². The van der Waals surface area contributed by atoms with Crippen molar-refractivity contribution < 1.29 is 9.53 Å². The van der Waals surface area contributed by atoms with Crippen molar-refractivity contribution in [2.75, 3.05) is 6.61 Å². The largest absolute Gasteiger partial charge is 0.465 e. The number of benzene rings is 1. The van der Waals surface area contributed by atoms with E-state index in [1.807, 2.05) is 42.5 Å². The van der Waals surface area contributed by atoms with E-state index >= 15 is 0 Å². The van der Waals surface area contributed by atoms with Gasteiger partial charge < -0.3 is 4.74 Å². The molecule has 2 heterocycles. The second-order valence-electron chi connectivity index (χ2n) is 5.29. The van der Waals surface area contributed by atoms with Gasteiger partial charge in [0.1, 0.15) is 5.25 Å². The highest BCUT2D eigenvalue weighted by molar-refractivity contribution is 8.00. The van der Waals surface area contributed by atoms with Crippen LogP contribution in [-0.2, 0) is 9.53 Å². The van der Waals surface area contributed by atoms with Crippen molar-refractivity contribution >= 4 is 34.3 Å². The second kappa shape index (κ2) is 6.58. The van der Waals surface area contributed by atoms with E-state index in [1.54, 1.807) is 0 Å². The van der Waals surface area contributed by atoms with Crippen LogP contribution in [0.2, 0.25) is 0 Å². The maximum absolute atomic E-state index is 12.1. The maximum Gasteiger partial charge on any atom is 0.319 e. The van der Waals surface area contributed by atoms with Crippen LogP contribution in [0.1, 0.15) is 25.8 Å². The minimum atomic E-state index is -0.276. The normalized spacial score (nSPS) is 12.7. The van der Waals surface area contributed by atoms with E-state index in [-0.39, 0.29) is 11.2 Å². The lowest BCUT2D eigenvalue weighted by Gasteiger charge is -2.12. The molecule has 23 heavy (non-hydrogen) atoms. The lowest BCUT2D eigenvalue weighted by atomic mass is 10.1. The average Bonchev–Trinajstić information content (AvgIpc) is 2.95. The van der Waals surface area contributed by atoms with Gasteiger partial charge in [-0.2, -0.15) is 0 Å². The quantitative estimate of drug-likeness (QED) is 0.528. The van der Waals surface area contributed by atoms with Gasteiger partial charge in [0, 0.05) is 5.39 Å². The van der Waals surface area contributed by atoms with Gasteiger partial charge in [0.25, 0.3) is 0 Å². The summed E-state index contributed by atoms with van der Waals surface area (Å²) < 4.78 is 7.15. The predicted octanol–water partition coefficient (Wildman–Crippen LogP) is 3.62. The van der Waals surface area contributed by atoms with Crippen LogP contribution in [-0.4, -0.2) is 32.4 Å². The Hall–Kier alpha value is -2.08. The number of aromatic nitrogens is 3. The van der Waals surface area contributed by atoms with Crippen LogP contribution in [0.5, 0.6) is 0 Å². The van der Waals surface area contributed by atoms with Gasteiger partial charge in [-0.15, -0.1) is 10.2 Å². The van der Waals surface area contributed by atoms with Gasteiger partial charge in [-0.3, -0.25) is 9.20 Å². The van der Waals surface area contributed by atoms with Crippen LogP contribution in [0.4, 0.5) is 0 Å². The molecule has 0 unspecified atom stereocenters. The molecule has 0 saturated carbocycles. The maximum atomic E-state index is 12.1. The lowest BCUT2D eigenvalue weighted by molar-refractivity contribution is -0.142. The van der Waals surface area contributed by atoms with Crippen molar-refractivity contribution in [2.24, 2.45) is 0 Å². The lowest BCUT2D eigenvalue weighted by Crippen LogP contribution is -2.19. The van der Waals surface area contributed by atoms with Crippen LogP contribution in [0.25, 0.3) is 16.6 Å². The number of carbonyl (C=O) groups excluding carboxylic acids is 1. The standard InChI is InChI=1S/C17H19N3O2S/c1-4-14(16(21)22-5-2)23-17-19-18-15-10-11(3)12-8-6-7-9-13(12)20(15)17/h6-10,14H,4-5H2,1-3H3/t14-/m1/s1. The minimum absolute atomic E-state index is 0.201. The Morgan fingerprint density at radius 3 is 2.83 bits per heavy atom. The first-order chi connectivity index (χ1) is 11.2. The summed E-state index contributed by atoms with van der Waals surface area (Å²) in [6.45, 7) is 6.24. The number of pyridine rings is 1. The van der Waals surface area contributed by atoms with E-state index in [4.69, 9.17) is 4.74 Å². The monoisotopic (exact) mass is 329 g/mol. The molecule has 2 aromatic heterocycles. The Morgan fingerprint density at radius 1 is 1.30 bits per heavy atom. The summed E-state index contributed by atoms with van der Waals surface area (Å²) in [4.78, 5) is 12.1. The Labute approximate surface area is 139 Å². The van der Waals surface area contributed by atoms with Crippen LogP contribution < -0.4 is 0 Å². The number of hydrogen-bond donors (Lipinski definition) is 0. The number of para-hydroxylation sites is 1. The number of fused-ring (bicyclic) bond motifs is 3. The zero-order chi connectivity index (χ0) is 16.4. The molecule has 1 aromatic carbocycles. The third-order valence-corrected chi connectivity index (χ3v) is 5.03. The molecule has 6 heteroatoms. The first kappa shape index (κ1) is 15.8. The Bertz CT molecular complexity index is 860. The molecule has 3 aromatic rings. The van der Waals surface area contributed by atoms with E-state index in [1.165, 1.54) is 11.8 Å². The van der Waals surface area contributed by atoms with Crippen LogP contribution in [0, 0.1) is 6.92 Å². The highest BCUT2D eigenvalue weighted by atomic mass is 32.2. The molecular weight excluding hydrogens is 310 g/mol. The van der Waals surface area contributed by atoms with Crippen LogP contribution in [0.15, 0.2) is 35.5 Å². The molecule has 0 aliphatic heterocycles. The van der Waals surface area contributed by atoms with Gasteiger partial charge in [-0.05, 0) is 38.0 Å². The summed E-state index contributed by atoms with van der Waals surface area (Å²) in [6.07, 6.45) is 0.683. The molecule has 0 radical (unpaired) electrons. The van der Waals surface area contributed by atoms with Crippen molar-refractivity contribution in [1.29, 1.82) is 0 Å². The van der Waals surface area contributed by atoms with E-state index in [0.29, 0.717) is 13.0 Å². The molecular formula is C17H19N3O2S. The highest BCUT2D eigenvalue weighted by Crippen LogP contribution is 2.29. The number of hydrogen-bond acceptors (Lipinski definition) is 5. The van der Waals surface area contributed by atoms with E-state index in [0.717, 1.165) is 27.3 Å². The Morgan fingerprint density at radius 2 is 2.09 bits per heavy atom. The number of ether oxygens (including phenoxy) is 1. The Kier molecular flexibility index (Phi) is 4.52. The summed E-state index contributed by atoms with van der Waals surface area (Å²) in [6, 6.07) is 10.2. The minimum Gasteiger partial charge on any atom is -0.465 e. The number of esters is 1. The molecule has 0 N–H and O–H groups in total.